The fraction of sp³-hybridized carbons (Fsp3) is 0.308. The van der Waals surface area contributed by atoms with Crippen molar-refractivity contribution in [1.29, 1.82) is 0 Å². The van der Waals surface area contributed by atoms with Gasteiger partial charge in [0.15, 0.2) is 0 Å². The molecule has 0 aliphatic heterocycles. The maximum Gasteiger partial charge on any atom is 0.0717 e. The summed E-state index contributed by atoms with van der Waals surface area (Å²) in [5, 5.41) is 4.09. The second-order valence-electron chi connectivity index (χ2n) is 4.05. The predicted octanol–water partition coefficient (Wildman–Crippen LogP) is 1.64. The van der Waals surface area contributed by atoms with Crippen molar-refractivity contribution in [3.05, 3.63) is 53.9 Å². The summed E-state index contributed by atoms with van der Waals surface area (Å²) in [6, 6.07) is 9.95. The lowest BCUT2D eigenvalue weighted by atomic mass is 10.2. The molecular formula is C13H17N3O. The zero-order valence-electron chi connectivity index (χ0n) is 9.91. The number of hydrogen-bond donors (Lipinski definition) is 1. The monoisotopic (exact) mass is 231 g/mol. The van der Waals surface area contributed by atoms with Crippen molar-refractivity contribution in [2.45, 2.75) is 12.6 Å². The van der Waals surface area contributed by atoms with Gasteiger partial charge in [0.2, 0.25) is 0 Å². The van der Waals surface area contributed by atoms with Crippen LogP contribution in [0.15, 0.2) is 42.7 Å². The van der Waals surface area contributed by atoms with E-state index in [1.807, 2.05) is 43.6 Å². The molecule has 0 saturated heterocycles. The highest BCUT2D eigenvalue weighted by atomic mass is 16.5. The van der Waals surface area contributed by atoms with Crippen molar-refractivity contribution < 1.29 is 4.74 Å². The summed E-state index contributed by atoms with van der Waals surface area (Å²) in [4.78, 5) is 0. The van der Waals surface area contributed by atoms with E-state index >= 15 is 0 Å². The van der Waals surface area contributed by atoms with Crippen LogP contribution in [0.1, 0.15) is 17.2 Å². The summed E-state index contributed by atoms with van der Waals surface area (Å²) in [5.74, 6) is 0. The number of rotatable bonds is 5. The number of nitrogens with zero attached hydrogens (tertiary/aromatic N) is 2. The summed E-state index contributed by atoms with van der Waals surface area (Å²) in [6.45, 7) is 1.09. The highest BCUT2D eigenvalue weighted by Gasteiger charge is 2.07. The molecule has 0 spiro atoms. The molecule has 0 saturated carbocycles. The number of benzene rings is 1. The van der Waals surface area contributed by atoms with Crippen molar-refractivity contribution in [3.8, 4) is 0 Å². The van der Waals surface area contributed by atoms with Gasteiger partial charge in [0.25, 0.3) is 0 Å². The van der Waals surface area contributed by atoms with Gasteiger partial charge < -0.3 is 10.5 Å². The molecule has 2 N–H and O–H groups in total. The average molecular weight is 231 g/mol. The first-order chi connectivity index (χ1) is 8.25. The van der Waals surface area contributed by atoms with Crippen LogP contribution in [0.5, 0.6) is 0 Å². The smallest absolute Gasteiger partial charge is 0.0717 e. The Kier molecular flexibility index (Phi) is 3.90. The van der Waals surface area contributed by atoms with Crippen molar-refractivity contribution in [2.75, 3.05) is 6.61 Å². The predicted molar refractivity (Wildman–Crippen MR) is 66.2 cm³/mol. The van der Waals surface area contributed by atoms with E-state index in [1.54, 1.807) is 10.9 Å². The van der Waals surface area contributed by atoms with Crippen LogP contribution < -0.4 is 5.73 Å². The van der Waals surface area contributed by atoms with Gasteiger partial charge in [-0.2, -0.15) is 5.10 Å². The van der Waals surface area contributed by atoms with Gasteiger partial charge in [0.05, 0.1) is 25.5 Å². The van der Waals surface area contributed by atoms with Crippen molar-refractivity contribution in [3.63, 3.8) is 0 Å². The maximum absolute atomic E-state index is 5.99. The van der Waals surface area contributed by atoms with Gasteiger partial charge in [-0.25, -0.2) is 0 Å². The minimum Gasteiger partial charge on any atom is -0.375 e. The Hall–Kier alpha value is -1.65. The molecule has 4 nitrogen and oxygen atoms in total. The molecule has 2 aromatic rings. The summed E-state index contributed by atoms with van der Waals surface area (Å²) in [6.07, 6.45) is 3.69. The van der Waals surface area contributed by atoms with Crippen LogP contribution in [0.25, 0.3) is 0 Å². The van der Waals surface area contributed by atoms with E-state index in [9.17, 15) is 0 Å². The molecule has 0 aliphatic carbocycles. The molecule has 1 aromatic carbocycles. The van der Waals surface area contributed by atoms with Gasteiger partial charge in [-0.3, -0.25) is 4.68 Å². The molecule has 0 bridgehead atoms. The molecule has 2 rings (SSSR count). The van der Waals surface area contributed by atoms with E-state index in [1.165, 1.54) is 0 Å². The van der Waals surface area contributed by atoms with Crippen LogP contribution in [0.2, 0.25) is 0 Å². The Balaban J connectivity index is 1.79. The quantitative estimate of drug-likeness (QED) is 0.851. The molecule has 0 aliphatic rings. The number of aryl methyl sites for hydroxylation is 1. The van der Waals surface area contributed by atoms with Crippen LogP contribution in [0.4, 0.5) is 0 Å². The normalized spacial score (nSPS) is 12.6. The molecule has 1 aromatic heterocycles. The minimum absolute atomic E-state index is 0.118. The largest absolute Gasteiger partial charge is 0.375 e. The SMILES string of the molecule is Cn1cc(C(N)COCc2ccccc2)cn1. The van der Waals surface area contributed by atoms with Crippen LogP contribution >= 0.6 is 0 Å². The van der Waals surface area contributed by atoms with E-state index in [2.05, 4.69) is 5.10 Å². The zero-order chi connectivity index (χ0) is 12.1. The van der Waals surface area contributed by atoms with E-state index in [0.29, 0.717) is 13.2 Å². The molecule has 4 heteroatoms. The van der Waals surface area contributed by atoms with E-state index in [4.69, 9.17) is 10.5 Å². The summed E-state index contributed by atoms with van der Waals surface area (Å²) >= 11 is 0. The molecular weight excluding hydrogens is 214 g/mol. The van der Waals surface area contributed by atoms with Gasteiger partial charge in [-0.05, 0) is 5.56 Å². The highest BCUT2D eigenvalue weighted by Crippen LogP contribution is 2.10. The van der Waals surface area contributed by atoms with Gasteiger partial charge in [-0.15, -0.1) is 0 Å². The number of ether oxygens (including phenoxy) is 1. The Morgan fingerprint density at radius 3 is 2.76 bits per heavy atom. The third-order valence-electron chi connectivity index (χ3n) is 2.56. The minimum atomic E-state index is -0.118. The molecule has 17 heavy (non-hydrogen) atoms. The van der Waals surface area contributed by atoms with Crippen molar-refractivity contribution >= 4 is 0 Å². The lowest BCUT2D eigenvalue weighted by Crippen LogP contribution is -2.16. The standard InChI is InChI=1S/C13H17N3O/c1-16-8-12(7-15-16)13(14)10-17-9-11-5-3-2-4-6-11/h2-8,13H,9-10,14H2,1H3. The topological polar surface area (TPSA) is 53.1 Å². The second kappa shape index (κ2) is 5.61. The van der Waals surface area contributed by atoms with Gasteiger partial charge in [-0.1, -0.05) is 30.3 Å². The third kappa shape index (κ3) is 3.41. The maximum atomic E-state index is 5.99. The van der Waals surface area contributed by atoms with E-state index in [-0.39, 0.29) is 6.04 Å². The average Bonchev–Trinajstić information content (AvgIpc) is 2.77. The fourth-order valence-corrected chi connectivity index (χ4v) is 1.61. The van der Waals surface area contributed by atoms with Gasteiger partial charge in [0, 0.05) is 18.8 Å². The van der Waals surface area contributed by atoms with E-state index < -0.39 is 0 Å². The second-order valence-corrected chi connectivity index (χ2v) is 4.05. The zero-order valence-corrected chi connectivity index (χ0v) is 9.91. The lowest BCUT2D eigenvalue weighted by molar-refractivity contribution is 0.108. The van der Waals surface area contributed by atoms with Gasteiger partial charge >= 0.3 is 0 Å². The highest BCUT2D eigenvalue weighted by molar-refractivity contribution is 5.13. The summed E-state index contributed by atoms with van der Waals surface area (Å²) < 4.78 is 7.33. The molecule has 0 fully saturated rings. The van der Waals surface area contributed by atoms with Gasteiger partial charge in [0.1, 0.15) is 0 Å². The summed E-state index contributed by atoms with van der Waals surface area (Å²) in [7, 11) is 1.88. The summed E-state index contributed by atoms with van der Waals surface area (Å²) in [5.41, 5.74) is 8.15. The first-order valence-electron chi connectivity index (χ1n) is 5.61. The first kappa shape index (κ1) is 11.8. The molecule has 0 radical (unpaired) electrons. The van der Waals surface area contributed by atoms with Crippen LogP contribution in [0.3, 0.4) is 0 Å². The number of nitrogens with two attached hydrogens (primary N) is 1. The van der Waals surface area contributed by atoms with Crippen molar-refractivity contribution in [2.24, 2.45) is 12.8 Å². The van der Waals surface area contributed by atoms with Crippen LogP contribution in [-0.2, 0) is 18.4 Å². The van der Waals surface area contributed by atoms with Crippen LogP contribution in [-0.4, -0.2) is 16.4 Å². The van der Waals surface area contributed by atoms with Crippen LogP contribution in [0, 0.1) is 0 Å². The Bertz CT molecular complexity index is 453. The molecule has 1 heterocycles. The number of aromatic nitrogens is 2. The number of hydrogen-bond acceptors (Lipinski definition) is 3. The molecule has 0 amide bonds. The Morgan fingerprint density at radius 1 is 1.35 bits per heavy atom. The lowest BCUT2D eigenvalue weighted by Gasteiger charge is -2.10. The fourth-order valence-electron chi connectivity index (χ4n) is 1.61. The third-order valence-corrected chi connectivity index (χ3v) is 2.56. The first-order valence-corrected chi connectivity index (χ1v) is 5.61. The Labute approximate surface area is 101 Å². The molecule has 90 valence electrons. The molecule has 1 unspecified atom stereocenters. The Morgan fingerprint density at radius 2 is 2.12 bits per heavy atom. The van der Waals surface area contributed by atoms with E-state index in [0.717, 1.165) is 11.1 Å². The van der Waals surface area contributed by atoms with Crippen molar-refractivity contribution in [1.82, 2.24) is 9.78 Å². The molecule has 1 atom stereocenters.